The molecule has 0 saturated heterocycles. The van der Waals surface area contributed by atoms with Crippen molar-refractivity contribution in [1.82, 2.24) is 0 Å². The average Bonchev–Trinajstić information content (AvgIpc) is 2.89. The topological polar surface area (TPSA) is 72.2 Å². The van der Waals surface area contributed by atoms with E-state index in [0.717, 1.165) is 22.1 Å². The predicted octanol–water partition coefficient (Wildman–Crippen LogP) is 4.72. The first-order valence-corrected chi connectivity index (χ1v) is 7.48. The van der Waals surface area contributed by atoms with E-state index < -0.39 is 10.8 Å². The Morgan fingerprint density at radius 3 is 2.55 bits per heavy atom. The zero-order valence-corrected chi connectivity index (χ0v) is 12.6. The Morgan fingerprint density at radius 2 is 1.86 bits per heavy atom. The Kier molecular flexibility index (Phi) is 3.79. The SMILES string of the molecule is O=C(Nc1ccc2ccccc2c1)c1cc([N+](=O)[O-])c(Cl)s1. The summed E-state index contributed by atoms with van der Waals surface area (Å²) in [6, 6.07) is 14.5. The minimum atomic E-state index is -0.606. The molecule has 3 rings (SSSR count). The zero-order valence-electron chi connectivity index (χ0n) is 11.1. The van der Waals surface area contributed by atoms with Gasteiger partial charge in [-0.25, -0.2) is 0 Å². The lowest BCUT2D eigenvalue weighted by atomic mass is 10.1. The van der Waals surface area contributed by atoms with E-state index in [1.807, 2.05) is 36.4 Å². The Bertz CT molecular complexity index is 891. The highest BCUT2D eigenvalue weighted by molar-refractivity contribution is 7.18. The van der Waals surface area contributed by atoms with Crippen LogP contribution < -0.4 is 5.32 Å². The third kappa shape index (κ3) is 2.79. The lowest BCUT2D eigenvalue weighted by Gasteiger charge is -2.05. The summed E-state index contributed by atoms with van der Waals surface area (Å²) in [5.41, 5.74) is 0.367. The number of anilines is 1. The smallest absolute Gasteiger partial charge is 0.299 e. The van der Waals surface area contributed by atoms with Crippen molar-refractivity contribution >= 4 is 51.0 Å². The minimum absolute atomic E-state index is 0.00587. The number of benzene rings is 2. The second kappa shape index (κ2) is 5.75. The van der Waals surface area contributed by atoms with Crippen LogP contribution in [-0.2, 0) is 0 Å². The molecule has 0 aliphatic rings. The van der Waals surface area contributed by atoms with Gasteiger partial charge in [-0.1, -0.05) is 41.9 Å². The first kappa shape index (κ1) is 14.5. The second-order valence-corrected chi connectivity index (χ2v) is 6.20. The van der Waals surface area contributed by atoms with Gasteiger partial charge in [-0.3, -0.25) is 14.9 Å². The van der Waals surface area contributed by atoms with Crippen LogP contribution in [0.5, 0.6) is 0 Å². The first-order valence-electron chi connectivity index (χ1n) is 6.28. The number of carbonyl (C=O) groups is 1. The minimum Gasteiger partial charge on any atom is -0.321 e. The molecule has 7 heteroatoms. The monoisotopic (exact) mass is 332 g/mol. The zero-order chi connectivity index (χ0) is 15.7. The number of halogens is 1. The van der Waals surface area contributed by atoms with Gasteiger partial charge in [-0.2, -0.15) is 0 Å². The van der Waals surface area contributed by atoms with Crippen LogP contribution in [0.25, 0.3) is 10.8 Å². The van der Waals surface area contributed by atoms with Gasteiger partial charge in [0, 0.05) is 11.8 Å². The normalized spacial score (nSPS) is 10.6. The van der Waals surface area contributed by atoms with Crippen molar-refractivity contribution in [1.29, 1.82) is 0 Å². The maximum Gasteiger partial charge on any atom is 0.299 e. The van der Waals surface area contributed by atoms with Crippen LogP contribution in [-0.4, -0.2) is 10.8 Å². The molecule has 1 N–H and O–H groups in total. The van der Waals surface area contributed by atoms with E-state index in [9.17, 15) is 14.9 Å². The fourth-order valence-electron chi connectivity index (χ4n) is 2.06. The van der Waals surface area contributed by atoms with E-state index in [0.29, 0.717) is 5.69 Å². The number of carbonyl (C=O) groups excluding carboxylic acids is 1. The molecule has 1 aromatic heterocycles. The summed E-state index contributed by atoms with van der Waals surface area (Å²) >= 11 is 6.65. The molecule has 110 valence electrons. The van der Waals surface area contributed by atoms with Gasteiger partial charge in [0.25, 0.3) is 11.6 Å². The molecule has 0 spiro atoms. The standard InChI is InChI=1S/C15H9ClN2O3S/c16-14-12(18(20)21)8-13(22-14)15(19)17-11-6-5-9-3-1-2-4-10(9)7-11/h1-8H,(H,17,19). The quantitative estimate of drug-likeness (QED) is 0.557. The fraction of sp³-hybridized carbons (Fsp3) is 0. The van der Waals surface area contributed by atoms with Gasteiger partial charge in [-0.15, -0.1) is 11.3 Å². The average molecular weight is 333 g/mol. The molecular formula is C15H9ClN2O3S. The molecule has 0 fully saturated rings. The van der Waals surface area contributed by atoms with Crippen molar-refractivity contribution in [2.75, 3.05) is 5.32 Å². The molecule has 0 aliphatic carbocycles. The molecule has 0 saturated carbocycles. The Labute approximate surface area is 134 Å². The Balaban J connectivity index is 1.86. The molecule has 5 nitrogen and oxygen atoms in total. The molecular weight excluding hydrogens is 324 g/mol. The van der Waals surface area contributed by atoms with Crippen LogP contribution in [0.15, 0.2) is 48.5 Å². The summed E-state index contributed by atoms with van der Waals surface area (Å²) in [7, 11) is 0. The highest BCUT2D eigenvalue weighted by Gasteiger charge is 2.21. The summed E-state index contributed by atoms with van der Waals surface area (Å²) in [6.45, 7) is 0. The van der Waals surface area contributed by atoms with Crippen LogP contribution in [0.3, 0.4) is 0 Å². The van der Waals surface area contributed by atoms with E-state index in [1.54, 1.807) is 6.07 Å². The number of thiophene rings is 1. The number of rotatable bonds is 3. The van der Waals surface area contributed by atoms with Crippen molar-refractivity contribution < 1.29 is 9.72 Å². The number of nitro groups is 1. The Hall–Kier alpha value is -2.44. The molecule has 0 unspecified atom stereocenters. The van der Waals surface area contributed by atoms with Gasteiger partial charge in [-0.05, 0) is 22.9 Å². The van der Waals surface area contributed by atoms with Crippen LogP contribution >= 0.6 is 22.9 Å². The van der Waals surface area contributed by atoms with Crippen LogP contribution in [0.1, 0.15) is 9.67 Å². The number of nitrogens with zero attached hydrogens (tertiary/aromatic N) is 1. The second-order valence-electron chi connectivity index (χ2n) is 4.54. The van der Waals surface area contributed by atoms with Gasteiger partial charge in [0.2, 0.25) is 0 Å². The number of fused-ring (bicyclic) bond motifs is 1. The largest absolute Gasteiger partial charge is 0.321 e. The van der Waals surface area contributed by atoms with E-state index in [2.05, 4.69) is 5.32 Å². The molecule has 2 aromatic carbocycles. The van der Waals surface area contributed by atoms with Crippen molar-refractivity contribution in [3.8, 4) is 0 Å². The summed E-state index contributed by atoms with van der Waals surface area (Å²) in [5, 5.41) is 15.5. The molecule has 0 aliphatic heterocycles. The molecule has 0 bridgehead atoms. The van der Waals surface area contributed by atoms with Crippen LogP contribution in [0, 0.1) is 10.1 Å². The summed E-state index contributed by atoms with van der Waals surface area (Å²) in [5.74, 6) is -0.421. The summed E-state index contributed by atoms with van der Waals surface area (Å²) < 4.78 is -0.00587. The van der Waals surface area contributed by atoms with E-state index in [1.165, 1.54) is 6.07 Å². The lowest BCUT2D eigenvalue weighted by Crippen LogP contribution is -2.09. The highest BCUT2D eigenvalue weighted by atomic mass is 35.5. The molecule has 1 heterocycles. The first-order chi connectivity index (χ1) is 10.5. The molecule has 1 amide bonds. The van der Waals surface area contributed by atoms with Crippen LogP contribution in [0.2, 0.25) is 4.34 Å². The predicted molar refractivity (Wildman–Crippen MR) is 87.9 cm³/mol. The van der Waals surface area contributed by atoms with Crippen LogP contribution in [0.4, 0.5) is 11.4 Å². The van der Waals surface area contributed by atoms with Gasteiger partial charge < -0.3 is 5.32 Å². The maximum atomic E-state index is 12.2. The van der Waals surface area contributed by atoms with Crippen molar-refractivity contribution in [2.24, 2.45) is 0 Å². The van der Waals surface area contributed by atoms with Crippen molar-refractivity contribution in [2.45, 2.75) is 0 Å². The van der Waals surface area contributed by atoms with Crippen molar-refractivity contribution in [3.63, 3.8) is 0 Å². The van der Waals surface area contributed by atoms with Gasteiger partial charge in [0.05, 0.1) is 4.92 Å². The number of amides is 1. The van der Waals surface area contributed by atoms with Gasteiger partial charge >= 0.3 is 0 Å². The van der Waals surface area contributed by atoms with E-state index in [4.69, 9.17) is 11.6 Å². The molecule has 0 atom stereocenters. The fourth-order valence-corrected chi connectivity index (χ4v) is 3.17. The summed E-state index contributed by atoms with van der Waals surface area (Å²) in [6.07, 6.45) is 0. The highest BCUT2D eigenvalue weighted by Crippen LogP contribution is 2.34. The molecule has 3 aromatic rings. The molecule has 22 heavy (non-hydrogen) atoms. The van der Waals surface area contributed by atoms with Gasteiger partial charge in [0.1, 0.15) is 4.88 Å². The lowest BCUT2D eigenvalue weighted by molar-refractivity contribution is -0.384. The third-order valence-electron chi connectivity index (χ3n) is 3.10. The maximum absolute atomic E-state index is 12.2. The van der Waals surface area contributed by atoms with Gasteiger partial charge in [0.15, 0.2) is 4.34 Å². The third-order valence-corrected chi connectivity index (χ3v) is 4.43. The number of hydrogen-bond donors (Lipinski definition) is 1. The van der Waals surface area contributed by atoms with E-state index >= 15 is 0 Å². The number of hydrogen-bond acceptors (Lipinski definition) is 4. The van der Waals surface area contributed by atoms with Crippen molar-refractivity contribution in [3.05, 3.63) is 67.9 Å². The van der Waals surface area contributed by atoms with E-state index in [-0.39, 0.29) is 14.9 Å². The summed E-state index contributed by atoms with van der Waals surface area (Å²) in [4.78, 5) is 22.5. The Morgan fingerprint density at radius 1 is 1.14 bits per heavy atom. The molecule has 0 radical (unpaired) electrons. The number of nitrogens with one attached hydrogen (secondary N) is 1.